The Morgan fingerprint density at radius 1 is 1.38 bits per heavy atom. The second-order valence-corrected chi connectivity index (χ2v) is 7.49. The number of amides is 1. The van der Waals surface area contributed by atoms with Crippen molar-refractivity contribution in [2.75, 3.05) is 17.7 Å². The van der Waals surface area contributed by atoms with Gasteiger partial charge in [-0.05, 0) is 25.1 Å². The highest BCUT2D eigenvalue weighted by molar-refractivity contribution is 7.91. The number of esters is 1. The highest BCUT2D eigenvalue weighted by Crippen LogP contribution is 2.33. The summed E-state index contributed by atoms with van der Waals surface area (Å²) in [4.78, 5) is 23.8. The Labute approximate surface area is 123 Å². The first-order valence-corrected chi connectivity index (χ1v) is 8.18. The van der Waals surface area contributed by atoms with Gasteiger partial charge in [-0.3, -0.25) is 4.79 Å². The third-order valence-electron chi connectivity index (χ3n) is 3.24. The lowest BCUT2D eigenvalue weighted by Crippen LogP contribution is -2.34. The molecule has 1 aliphatic heterocycles. The van der Waals surface area contributed by atoms with E-state index >= 15 is 0 Å². The Morgan fingerprint density at radius 3 is 2.67 bits per heavy atom. The SMILES string of the molecule is CCOC(=O)c1ccc2c(c1)NC(=O)C(C)(C)CS2(=O)=O. The van der Waals surface area contributed by atoms with Gasteiger partial charge >= 0.3 is 5.97 Å². The molecule has 1 aliphatic rings. The summed E-state index contributed by atoms with van der Waals surface area (Å²) in [5, 5.41) is 2.58. The Hall–Kier alpha value is -1.89. The fourth-order valence-electron chi connectivity index (χ4n) is 2.15. The molecule has 1 heterocycles. The van der Waals surface area contributed by atoms with Crippen molar-refractivity contribution in [2.24, 2.45) is 5.41 Å². The number of carbonyl (C=O) groups excluding carboxylic acids is 2. The zero-order valence-corrected chi connectivity index (χ0v) is 12.9. The molecular weight excluding hydrogens is 294 g/mol. The van der Waals surface area contributed by atoms with Crippen LogP contribution in [0.25, 0.3) is 0 Å². The Morgan fingerprint density at radius 2 is 2.05 bits per heavy atom. The molecule has 0 unspecified atom stereocenters. The van der Waals surface area contributed by atoms with E-state index in [4.69, 9.17) is 4.74 Å². The smallest absolute Gasteiger partial charge is 0.338 e. The van der Waals surface area contributed by atoms with Crippen molar-refractivity contribution in [3.05, 3.63) is 23.8 Å². The van der Waals surface area contributed by atoms with Crippen LogP contribution in [0.5, 0.6) is 0 Å². The molecule has 0 spiro atoms. The fourth-order valence-corrected chi connectivity index (χ4v) is 4.11. The van der Waals surface area contributed by atoms with Gasteiger partial charge < -0.3 is 10.1 Å². The molecule has 114 valence electrons. The lowest BCUT2D eigenvalue weighted by atomic mass is 9.95. The van der Waals surface area contributed by atoms with Crippen molar-refractivity contribution in [2.45, 2.75) is 25.7 Å². The minimum Gasteiger partial charge on any atom is -0.462 e. The van der Waals surface area contributed by atoms with Crippen LogP contribution in [-0.4, -0.2) is 32.7 Å². The molecule has 1 aromatic carbocycles. The van der Waals surface area contributed by atoms with Crippen LogP contribution in [0.15, 0.2) is 23.1 Å². The topological polar surface area (TPSA) is 89.5 Å². The number of rotatable bonds is 2. The molecule has 0 saturated carbocycles. The highest BCUT2D eigenvalue weighted by Gasteiger charge is 2.39. The minimum atomic E-state index is -3.61. The molecule has 0 aliphatic carbocycles. The number of benzene rings is 1. The molecule has 2 rings (SSSR count). The molecule has 0 radical (unpaired) electrons. The number of carbonyl (C=O) groups is 2. The quantitative estimate of drug-likeness (QED) is 0.838. The first-order valence-electron chi connectivity index (χ1n) is 6.53. The summed E-state index contributed by atoms with van der Waals surface area (Å²) < 4.78 is 29.6. The Balaban J connectivity index is 2.54. The maximum absolute atomic E-state index is 12.4. The average molecular weight is 311 g/mol. The molecule has 0 fully saturated rings. The van der Waals surface area contributed by atoms with Crippen molar-refractivity contribution in [3.8, 4) is 0 Å². The van der Waals surface area contributed by atoms with Crippen LogP contribution in [-0.2, 0) is 19.4 Å². The van der Waals surface area contributed by atoms with Crippen molar-refractivity contribution in [1.82, 2.24) is 0 Å². The summed E-state index contributed by atoms with van der Waals surface area (Å²) in [6.07, 6.45) is 0. The predicted octanol–water partition coefficient (Wildman–Crippen LogP) is 1.62. The van der Waals surface area contributed by atoms with Gasteiger partial charge in [0.15, 0.2) is 9.84 Å². The molecule has 0 atom stereocenters. The fraction of sp³-hybridized carbons (Fsp3) is 0.429. The van der Waals surface area contributed by atoms with Gasteiger partial charge in [0.25, 0.3) is 0 Å². The van der Waals surface area contributed by atoms with Gasteiger partial charge in [-0.1, -0.05) is 13.8 Å². The highest BCUT2D eigenvalue weighted by atomic mass is 32.2. The van der Waals surface area contributed by atoms with Crippen LogP contribution < -0.4 is 5.32 Å². The molecule has 1 aromatic rings. The number of fused-ring (bicyclic) bond motifs is 1. The number of hydrogen-bond donors (Lipinski definition) is 1. The second kappa shape index (κ2) is 5.14. The molecular formula is C14H17NO5S. The van der Waals surface area contributed by atoms with Gasteiger partial charge in [-0.2, -0.15) is 0 Å². The number of anilines is 1. The van der Waals surface area contributed by atoms with E-state index < -0.39 is 27.1 Å². The largest absolute Gasteiger partial charge is 0.462 e. The third-order valence-corrected chi connectivity index (χ3v) is 5.37. The van der Waals surface area contributed by atoms with Gasteiger partial charge in [-0.25, -0.2) is 13.2 Å². The number of hydrogen-bond acceptors (Lipinski definition) is 5. The van der Waals surface area contributed by atoms with Crippen molar-refractivity contribution in [1.29, 1.82) is 0 Å². The van der Waals surface area contributed by atoms with E-state index in [2.05, 4.69) is 5.32 Å². The van der Waals surface area contributed by atoms with Crippen LogP contribution >= 0.6 is 0 Å². The molecule has 0 saturated heterocycles. The van der Waals surface area contributed by atoms with Gasteiger partial charge in [-0.15, -0.1) is 0 Å². The number of nitrogens with one attached hydrogen (secondary N) is 1. The molecule has 1 N–H and O–H groups in total. The molecule has 21 heavy (non-hydrogen) atoms. The monoisotopic (exact) mass is 311 g/mol. The van der Waals surface area contributed by atoms with Crippen molar-refractivity contribution < 1.29 is 22.7 Å². The van der Waals surface area contributed by atoms with E-state index in [9.17, 15) is 18.0 Å². The summed E-state index contributed by atoms with van der Waals surface area (Å²) in [5.74, 6) is -1.24. The Bertz CT molecular complexity index is 706. The summed E-state index contributed by atoms with van der Waals surface area (Å²) in [7, 11) is -3.61. The standard InChI is InChI=1S/C14H17NO5S/c1-4-20-12(16)9-5-6-11-10(7-9)15-13(17)14(2,3)8-21(11,18)19/h5-7H,4,8H2,1-3H3,(H,15,17). The average Bonchev–Trinajstić information content (AvgIpc) is 2.43. The van der Waals surface area contributed by atoms with E-state index in [1.54, 1.807) is 20.8 Å². The van der Waals surface area contributed by atoms with Gasteiger partial charge in [0.1, 0.15) is 0 Å². The van der Waals surface area contributed by atoms with E-state index in [0.29, 0.717) is 0 Å². The summed E-state index contributed by atoms with van der Waals surface area (Å²) in [6, 6.07) is 4.06. The van der Waals surface area contributed by atoms with Gasteiger partial charge in [0, 0.05) is 0 Å². The molecule has 0 aromatic heterocycles. The molecule has 0 bridgehead atoms. The zero-order valence-electron chi connectivity index (χ0n) is 12.1. The molecule has 6 nitrogen and oxygen atoms in total. The second-order valence-electron chi connectivity index (χ2n) is 5.53. The number of sulfone groups is 1. The van der Waals surface area contributed by atoms with Crippen LogP contribution in [0.4, 0.5) is 5.69 Å². The van der Waals surface area contributed by atoms with Crippen LogP contribution in [0.3, 0.4) is 0 Å². The first kappa shape index (κ1) is 15.5. The van der Waals surface area contributed by atoms with Gasteiger partial charge in [0.2, 0.25) is 5.91 Å². The van der Waals surface area contributed by atoms with Gasteiger partial charge in [0.05, 0.1) is 33.9 Å². The zero-order chi connectivity index (χ0) is 15.8. The van der Waals surface area contributed by atoms with E-state index in [1.165, 1.54) is 18.2 Å². The lowest BCUT2D eigenvalue weighted by Gasteiger charge is -2.18. The summed E-state index contributed by atoms with van der Waals surface area (Å²) >= 11 is 0. The summed E-state index contributed by atoms with van der Waals surface area (Å²) in [5.41, 5.74) is -0.719. The van der Waals surface area contributed by atoms with E-state index in [0.717, 1.165) is 0 Å². The normalized spacial score (nSPS) is 19.1. The molecule has 1 amide bonds. The van der Waals surface area contributed by atoms with Crippen LogP contribution in [0.1, 0.15) is 31.1 Å². The van der Waals surface area contributed by atoms with Crippen LogP contribution in [0, 0.1) is 5.41 Å². The summed E-state index contributed by atoms with van der Waals surface area (Å²) in [6.45, 7) is 5.03. The van der Waals surface area contributed by atoms with Crippen molar-refractivity contribution in [3.63, 3.8) is 0 Å². The lowest BCUT2D eigenvalue weighted by molar-refractivity contribution is -0.122. The van der Waals surface area contributed by atoms with Crippen LogP contribution in [0.2, 0.25) is 0 Å². The van der Waals surface area contributed by atoms with E-state index in [1.807, 2.05) is 0 Å². The van der Waals surface area contributed by atoms with E-state index in [-0.39, 0.29) is 28.5 Å². The predicted molar refractivity (Wildman–Crippen MR) is 76.9 cm³/mol. The maximum atomic E-state index is 12.4. The minimum absolute atomic E-state index is 0.0227. The molecule has 7 heteroatoms. The van der Waals surface area contributed by atoms with Crippen molar-refractivity contribution >= 4 is 27.4 Å². The first-order chi connectivity index (χ1) is 9.67. The third kappa shape index (κ3) is 2.92. The number of ether oxygens (including phenoxy) is 1. The maximum Gasteiger partial charge on any atom is 0.338 e. The Kier molecular flexibility index (Phi) is 3.79.